The normalized spacial score (nSPS) is 21.6. The van der Waals surface area contributed by atoms with Crippen molar-refractivity contribution < 1.29 is 23.7 Å². The summed E-state index contributed by atoms with van der Waals surface area (Å²) in [6.45, 7) is 10.3. The van der Waals surface area contributed by atoms with Crippen LogP contribution in [0.5, 0.6) is 28.7 Å². The Morgan fingerprint density at radius 3 is 1.92 bits per heavy atom. The summed E-state index contributed by atoms with van der Waals surface area (Å²) in [6, 6.07) is 14.6. The first-order valence-electron chi connectivity index (χ1n) is 12.3. The van der Waals surface area contributed by atoms with E-state index in [1.165, 1.54) is 0 Å². The van der Waals surface area contributed by atoms with Crippen LogP contribution in [-0.2, 0) is 0 Å². The van der Waals surface area contributed by atoms with Crippen molar-refractivity contribution in [1.29, 1.82) is 0 Å². The third-order valence-corrected chi connectivity index (χ3v) is 7.43. The second-order valence-electron chi connectivity index (χ2n) is 9.57. The van der Waals surface area contributed by atoms with Gasteiger partial charge in [-0.3, -0.25) is 0 Å². The summed E-state index contributed by atoms with van der Waals surface area (Å²) in [7, 11) is 5.05. The number of benzene rings is 3. The van der Waals surface area contributed by atoms with Gasteiger partial charge >= 0.3 is 0 Å². The molecule has 0 N–H and O–H groups in total. The topological polar surface area (TPSA) is 46.2 Å². The van der Waals surface area contributed by atoms with E-state index in [2.05, 4.69) is 50.8 Å². The molecule has 5 rings (SSSR count). The van der Waals surface area contributed by atoms with Crippen molar-refractivity contribution >= 4 is 0 Å². The Labute approximate surface area is 213 Å². The molecule has 188 valence electrons. The van der Waals surface area contributed by atoms with Crippen molar-refractivity contribution in [1.82, 2.24) is 0 Å². The molecule has 0 saturated carbocycles. The number of hydrogen-bond donors (Lipinski definition) is 0. The first-order valence-corrected chi connectivity index (χ1v) is 12.3. The molecule has 0 aliphatic carbocycles. The molecule has 0 bridgehead atoms. The molecule has 4 atom stereocenters. The minimum absolute atomic E-state index is 0.128. The van der Waals surface area contributed by atoms with Crippen LogP contribution < -0.4 is 23.7 Å². The Hall–Kier alpha value is -3.73. The van der Waals surface area contributed by atoms with E-state index in [1.807, 2.05) is 25.5 Å². The number of rotatable bonds is 7. The van der Waals surface area contributed by atoms with E-state index in [4.69, 9.17) is 23.7 Å². The summed E-state index contributed by atoms with van der Waals surface area (Å²) in [5, 5.41) is 0. The minimum atomic E-state index is -0.169. The SMILES string of the molecule is C=C[CH-]c1cc(OC)c2c(c1)C(C)C(c1cc(OC)c3c(c1)C(C)C(c1ccc(C)c(OC)c1)O3)O2. The lowest BCUT2D eigenvalue weighted by molar-refractivity contribution is 0.205. The van der Waals surface area contributed by atoms with Gasteiger partial charge in [-0.1, -0.05) is 32.0 Å². The monoisotopic (exact) mass is 485 g/mol. The second kappa shape index (κ2) is 9.38. The highest BCUT2D eigenvalue weighted by Crippen LogP contribution is 2.55. The molecule has 0 radical (unpaired) electrons. The molecule has 3 aromatic carbocycles. The van der Waals surface area contributed by atoms with Crippen LogP contribution in [0, 0.1) is 13.3 Å². The van der Waals surface area contributed by atoms with Crippen LogP contribution >= 0.6 is 0 Å². The fraction of sp³-hybridized carbons (Fsp3) is 0.323. The molecule has 2 aliphatic heterocycles. The van der Waals surface area contributed by atoms with Gasteiger partial charge in [0.25, 0.3) is 0 Å². The smallest absolute Gasteiger partial charge is 0.165 e. The van der Waals surface area contributed by atoms with Gasteiger partial charge < -0.3 is 23.7 Å². The molecule has 0 aromatic heterocycles. The maximum Gasteiger partial charge on any atom is 0.165 e. The van der Waals surface area contributed by atoms with Gasteiger partial charge in [-0.25, -0.2) is 0 Å². The van der Waals surface area contributed by atoms with Gasteiger partial charge in [0.15, 0.2) is 11.5 Å². The fourth-order valence-corrected chi connectivity index (χ4v) is 5.43. The lowest BCUT2D eigenvalue weighted by Gasteiger charge is -2.19. The van der Waals surface area contributed by atoms with Crippen LogP contribution in [0.3, 0.4) is 0 Å². The minimum Gasteiger partial charge on any atom is -0.503 e. The fourth-order valence-electron chi connectivity index (χ4n) is 5.43. The number of aryl methyl sites for hydroxylation is 1. The molecule has 0 saturated heterocycles. The van der Waals surface area contributed by atoms with E-state index in [0.717, 1.165) is 62.1 Å². The molecular formula is C31H33O5-. The van der Waals surface area contributed by atoms with E-state index in [0.29, 0.717) is 0 Å². The van der Waals surface area contributed by atoms with Gasteiger partial charge in [0.2, 0.25) is 0 Å². The molecule has 5 heteroatoms. The quantitative estimate of drug-likeness (QED) is 0.330. The van der Waals surface area contributed by atoms with Gasteiger partial charge in [0, 0.05) is 17.4 Å². The Kier molecular flexibility index (Phi) is 6.25. The molecule has 2 heterocycles. The molecule has 3 aromatic rings. The van der Waals surface area contributed by atoms with Crippen molar-refractivity contribution in [3.05, 3.63) is 94.9 Å². The molecule has 4 unspecified atom stereocenters. The lowest BCUT2D eigenvalue weighted by Crippen LogP contribution is -2.09. The molecule has 5 nitrogen and oxygen atoms in total. The number of hydrogen-bond acceptors (Lipinski definition) is 5. The largest absolute Gasteiger partial charge is 0.503 e. The van der Waals surface area contributed by atoms with Crippen molar-refractivity contribution in [3.8, 4) is 28.7 Å². The highest BCUT2D eigenvalue weighted by Gasteiger charge is 2.39. The zero-order valence-electron chi connectivity index (χ0n) is 21.8. The highest BCUT2D eigenvalue weighted by molar-refractivity contribution is 5.59. The third kappa shape index (κ3) is 3.83. The molecule has 0 spiro atoms. The average Bonchev–Trinajstić information content (AvgIpc) is 3.40. The van der Waals surface area contributed by atoms with Gasteiger partial charge in [-0.2, -0.15) is 12.7 Å². The number of ether oxygens (including phenoxy) is 5. The summed E-state index contributed by atoms with van der Waals surface area (Å²) in [5.41, 5.74) is 6.53. The Bertz CT molecular complexity index is 1310. The summed E-state index contributed by atoms with van der Waals surface area (Å²) in [6.07, 6.45) is 3.46. The van der Waals surface area contributed by atoms with Gasteiger partial charge in [-0.05, 0) is 47.4 Å². The standard InChI is InChI=1S/C31H33O5/c1-8-9-20-12-23-18(3)29(36-30(23)26(13-20)33-6)22-14-24-19(4)28(35-31(24)27(16-22)34-7)21-11-10-17(2)25(15-21)32-5/h8-16,18-19,28-29H,1H2,2-7H3/q-1. The van der Waals surface area contributed by atoms with Gasteiger partial charge in [-0.15, -0.1) is 18.1 Å². The molecule has 0 amide bonds. The zero-order valence-corrected chi connectivity index (χ0v) is 21.8. The van der Waals surface area contributed by atoms with Gasteiger partial charge in [0.05, 0.1) is 21.3 Å². The van der Waals surface area contributed by atoms with Crippen molar-refractivity contribution in [2.75, 3.05) is 21.3 Å². The Morgan fingerprint density at radius 1 is 0.750 bits per heavy atom. The first kappa shape index (κ1) is 24.0. The molecule has 0 fully saturated rings. The maximum absolute atomic E-state index is 6.53. The number of methoxy groups -OCH3 is 3. The first-order chi connectivity index (χ1) is 17.4. The average molecular weight is 486 g/mol. The Balaban J connectivity index is 1.51. The summed E-state index contributed by atoms with van der Waals surface area (Å²) in [4.78, 5) is 0. The van der Waals surface area contributed by atoms with Crippen LogP contribution in [0.25, 0.3) is 0 Å². The zero-order chi connectivity index (χ0) is 25.6. The highest BCUT2D eigenvalue weighted by atomic mass is 16.5. The van der Waals surface area contributed by atoms with E-state index in [1.54, 1.807) is 27.4 Å². The summed E-state index contributed by atoms with van der Waals surface area (Å²) in [5.74, 6) is 4.16. The molecule has 36 heavy (non-hydrogen) atoms. The number of fused-ring (bicyclic) bond motifs is 2. The van der Waals surface area contributed by atoms with Crippen LogP contribution in [0.2, 0.25) is 0 Å². The van der Waals surface area contributed by atoms with Crippen molar-refractivity contribution in [2.45, 2.75) is 44.8 Å². The summed E-state index contributed by atoms with van der Waals surface area (Å²) >= 11 is 0. The summed E-state index contributed by atoms with van der Waals surface area (Å²) < 4.78 is 30.1. The number of allylic oxidation sites excluding steroid dienone is 1. The van der Waals surface area contributed by atoms with Crippen molar-refractivity contribution in [2.24, 2.45) is 0 Å². The second-order valence-corrected chi connectivity index (χ2v) is 9.57. The predicted molar refractivity (Wildman–Crippen MR) is 141 cm³/mol. The lowest BCUT2D eigenvalue weighted by atomic mass is 9.87. The van der Waals surface area contributed by atoms with Crippen molar-refractivity contribution in [3.63, 3.8) is 0 Å². The Morgan fingerprint density at radius 2 is 1.31 bits per heavy atom. The van der Waals surface area contributed by atoms with E-state index in [9.17, 15) is 0 Å². The van der Waals surface area contributed by atoms with Gasteiger partial charge in [0.1, 0.15) is 29.5 Å². The van der Waals surface area contributed by atoms with Crippen LogP contribution in [-0.4, -0.2) is 21.3 Å². The molecule has 2 aliphatic rings. The van der Waals surface area contributed by atoms with Crippen LogP contribution in [0.1, 0.15) is 71.3 Å². The van der Waals surface area contributed by atoms with Crippen LogP contribution in [0.15, 0.2) is 55.1 Å². The molecular weight excluding hydrogens is 452 g/mol. The van der Waals surface area contributed by atoms with E-state index < -0.39 is 0 Å². The van der Waals surface area contributed by atoms with Crippen LogP contribution in [0.4, 0.5) is 0 Å². The predicted octanol–water partition coefficient (Wildman–Crippen LogP) is 7.23. The maximum atomic E-state index is 6.53. The third-order valence-electron chi connectivity index (χ3n) is 7.43. The van der Waals surface area contributed by atoms with E-state index in [-0.39, 0.29) is 24.0 Å². The van der Waals surface area contributed by atoms with E-state index >= 15 is 0 Å².